The van der Waals surface area contributed by atoms with Crippen LogP contribution >= 0.6 is 0 Å². The van der Waals surface area contributed by atoms with Crippen molar-refractivity contribution in [3.63, 3.8) is 0 Å². The van der Waals surface area contributed by atoms with Crippen molar-refractivity contribution in [1.82, 2.24) is 15.4 Å². The monoisotopic (exact) mass is 184 g/mol. The van der Waals surface area contributed by atoms with Crippen LogP contribution in [-0.2, 0) is 0 Å². The molecule has 0 aliphatic carbocycles. The lowest BCUT2D eigenvalue weighted by Crippen LogP contribution is -2.19. The molecular formula is C5H12N8. The maximum Gasteiger partial charge on any atom is 0.241 e. The number of aromatic nitrogens is 2. The summed E-state index contributed by atoms with van der Waals surface area (Å²) in [6.07, 6.45) is 0. The van der Waals surface area contributed by atoms with E-state index in [0.29, 0.717) is 11.6 Å². The van der Waals surface area contributed by atoms with Crippen LogP contribution in [0.25, 0.3) is 0 Å². The van der Waals surface area contributed by atoms with E-state index in [0.717, 1.165) is 0 Å². The molecule has 1 aromatic rings. The zero-order valence-corrected chi connectivity index (χ0v) is 7.13. The van der Waals surface area contributed by atoms with Gasteiger partial charge in [-0.1, -0.05) is 0 Å². The van der Waals surface area contributed by atoms with E-state index in [2.05, 4.69) is 31.7 Å². The number of nitrogens with zero attached hydrogens (tertiary/aromatic N) is 2. The number of hydrazine groups is 3. The fraction of sp³-hybridized carbons (Fsp3) is 0.200. The van der Waals surface area contributed by atoms with Gasteiger partial charge in [-0.3, -0.25) is 5.43 Å². The van der Waals surface area contributed by atoms with Crippen molar-refractivity contribution in [3.05, 3.63) is 6.07 Å². The Hall–Kier alpha value is -1.64. The fourth-order valence-electron chi connectivity index (χ4n) is 0.778. The lowest BCUT2D eigenvalue weighted by atomic mass is 10.5. The molecule has 0 saturated carbocycles. The highest BCUT2D eigenvalue weighted by Gasteiger charge is 2.00. The van der Waals surface area contributed by atoms with Crippen LogP contribution in [0.5, 0.6) is 0 Å². The lowest BCUT2D eigenvalue weighted by Gasteiger charge is -2.07. The number of nitrogens with one attached hydrogen (secondary N) is 4. The molecule has 0 unspecified atom stereocenters. The number of nitrogen functional groups attached to an aromatic ring is 2. The van der Waals surface area contributed by atoms with E-state index in [1.807, 2.05) is 0 Å². The van der Waals surface area contributed by atoms with Gasteiger partial charge in [0.2, 0.25) is 5.95 Å². The summed E-state index contributed by atoms with van der Waals surface area (Å²) in [5.74, 6) is 11.6. The van der Waals surface area contributed by atoms with Crippen molar-refractivity contribution in [1.29, 1.82) is 0 Å². The molecule has 1 heterocycles. The van der Waals surface area contributed by atoms with E-state index in [9.17, 15) is 0 Å². The minimum Gasteiger partial charge on any atom is -0.308 e. The predicted molar refractivity (Wildman–Crippen MR) is 50.3 cm³/mol. The van der Waals surface area contributed by atoms with Gasteiger partial charge in [0.05, 0.1) is 0 Å². The quantitative estimate of drug-likeness (QED) is 0.249. The van der Waals surface area contributed by atoms with Gasteiger partial charge in [-0.15, -0.1) is 0 Å². The lowest BCUT2D eigenvalue weighted by molar-refractivity contribution is 0.956. The molecule has 0 aliphatic heterocycles. The molecule has 0 saturated heterocycles. The summed E-state index contributed by atoms with van der Waals surface area (Å²) < 4.78 is 0. The summed E-state index contributed by atoms with van der Waals surface area (Å²) in [4.78, 5) is 7.87. The third kappa shape index (κ3) is 2.40. The van der Waals surface area contributed by atoms with Gasteiger partial charge in [0.15, 0.2) is 0 Å². The van der Waals surface area contributed by atoms with E-state index < -0.39 is 0 Å². The van der Waals surface area contributed by atoms with Crippen molar-refractivity contribution in [3.8, 4) is 0 Å². The highest BCUT2D eigenvalue weighted by molar-refractivity contribution is 5.50. The Morgan fingerprint density at radius 3 is 2.38 bits per heavy atom. The van der Waals surface area contributed by atoms with E-state index in [1.165, 1.54) is 0 Å². The van der Waals surface area contributed by atoms with Crippen LogP contribution in [0.3, 0.4) is 0 Å². The summed E-state index contributed by atoms with van der Waals surface area (Å²) in [6, 6.07) is 1.62. The molecule has 0 aliphatic rings. The van der Waals surface area contributed by atoms with E-state index in [1.54, 1.807) is 13.1 Å². The SMILES string of the molecule is CNNc1cc(NN)nc(NN)n1. The summed E-state index contributed by atoms with van der Waals surface area (Å²) in [5.41, 5.74) is 10.2. The van der Waals surface area contributed by atoms with Gasteiger partial charge in [-0.2, -0.15) is 9.97 Å². The van der Waals surface area contributed by atoms with Crippen LogP contribution in [0.4, 0.5) is 17.6 Å². The normalized spacial score (nSPS) is 9.46. The number of hydrogen-bond donors (Lipinski definition) is 6. The topological polar surface area (TPSA) is 126 Å². The summed E-state index contributed by atoms with van der Waals surface area (Å²) in [6.45, 7) is 0. The molecule has 0 bridgehead atoms. The zero-order chi connectivity index (χ0) is 9.68. The first-order valence-electron chi connectivity index (χ1n) is 3.55. The van der Waals surface area contributed by atoms with E-state index in [-0.39, 0.29) is 5.95 Å². The average Bonchev–Trinajstić information content (AvgIpc) is 2.17. The molecule has 0 fully saturated rings. The molecular weight excluding hydrogens is 172 g/mol. The fourth-order valence-corrected chi connectivity index (χ4v) is 0.778. The van der Waals surface area contributed by atoms with Gasteiger partial charge in [-0.05, 0) is 0 Å². The Morgan fingerprint density at radius 2 is 1.85 bits per heavy atom. The largest absolute Gasteiger partial charge is 0.308 e. The molecule has 1 rings (SSSR count). The Morgan fingerprint density at radius 1 is 1.15 bits per heavy atom. The van der Waals surface area contributed by atoms with Gasteiger partial charge in [-0.25, -0.2) is 17.1 Å². The molecule has 8 nitrogen and oxygen atoms in total. The van der Waals surface area contributed by atoms with Crippen LogP contribution in [0, 0.1) is 0 Å². The second-order valence-corrected chi connectivity index (χ2v) is 2.13. The molecule has 0 amide bonds. The highest BCUT2D eigenvalue weighted by atomic mass is 15.4. The van der Waals surface area contributed by atoms with Gasteiger partial charge in [0, 0.05) is 13.1 Å². The smallest absolute Gasteiger partial charge is 0.241 e. The Balaban J connectivity index is 2.93. The van der Waals surface area contributed by atoms with Crippen molar-refractivity contribution >= 4 is 17.6 Å². The van der Waals surface area contributed by atoms with Gasteiger partial charge in [0.1, 0.15) is 11.6 Å². The number of hydrogen-bond acceptors (Lipinski definition) is 8. The van der Waals surface area contributed by atoms with Gasteiger partial charge < -0.3 is 10.9 Å². The Kier molecular flexibility index (Phi) is 3.20. The highest BCUT2D eigenvalue weighted by Crippen LogP contribution is 2.11. The van der Waals surface area contributed by atoms with Gasteiger partial charge >= 0.3 is 0 Å². The first kappa shape index (κ1) is 9.45. The maximum atomic E-state index is 5.18. The van der Waals surface area contributed by atoms with Crippen molar-refractivity contribution < 1.29 is 0 Å². The molecule has 8 heteroatoms. The van der Waals surface area contributed by atoms with Crippen molar-refractivity contribution in [2.75, 3.05) is 23.3 Å². The second kappa shape index (κ2) is 4.40. The molecule has 8 N–H and O–H groups in total. The average molecular weight is 184 g/mol. The van der Waals surface area contributed by atoms with Crippen molar-refractivity contribution in [2.24, 2.45) is 11.7 Å². The maximum absolute atomic E-state index is 5.18. The zero-order valence-electron chi connectivity index (χ0n) is 7.13. The minimum absolute atomic E-state index is 0.271. The van der Waals surface area contributed by atoms with Crippen LogP contribution in [0.1, 0.15) is 0 Å². The molecule has 0 aromatic carbocycles. The molecule has 72 valence electrons. The minimum atomic E-state index is 0.271. The van der Waals surface area contributed by atoms with Crippen LogP contribution in [0.15, 0.2) is 6.07 Å². The molecule has 13 heavy (non-hydrogen) atoms. The van der Waals surface area contributed by atoms with Gasteiger partial charge in [0.25, 0.3) is 0 Å². The number of anilines is 3. The Labute approximate surface area is 75.0 Å². The third-order valence-electron chi connectivity index (χ3n) is 1.26. The second-order valence-electron chi connectivity index (χ2n) is 2.13. The number of rotatable bonds is 4. The van der Waals surface area contributed by atoms with Crippen LogP contribution < -0.4 is 33.4 Å². The molecule has 0 spiro atoms. The molecule has 1 aromatic heterocycles. The standard InChI is InChI=1S/C5H12N8/c1-8-13-4-2-3(11-6)9-5(10-4)12-7/h2,8H,6-7H2,1H3,(H3,9,10,11,12,13). The van der Waals surface area contributed by atoms with Crippen molar-refractivity contribution in [2.45, 2.75) is 0 Å². The molecule has 0 radical (unpaired) electrons. The molecule has 0 atom stereocenters. The third-order valence-corrected chi connectivity index (χ3v) is 1.26. The number of nitrogens with two attached hydrogens (primary N) is 2. The first-order valence-corrected chi connectivity index (χ1v) is 3.55. The van der Waals surface area contributed by atoms with Crippen LogP contribution in [-0.4, -0.2) is 17.0 Å². The first-order chi connectivity index (χ1) is 6.30. The summed E-state index contributed by atoms with van der Waals surface area (Å²) in [5, 5.41) is 0. The predicted octanol–water partition coefficient (Wildman–Crippen LogP) is -1.41. The van der Waals surface area contributed by atoms with Crippen LogP contribution in [0.2, 0.25) is 0 Å². The van der Waals surface area contributed by atoms with E-state index >= 15 is 0 Å². The summed E-state index contributed by atoms with van der Waals surface area (Å²) >= 11 is 0. The summed E-state index contributed by atoms with van der Waals surface area (Å²) in [7, 11) is 1.72. The van der Waals surface area contributed by atoms with E-state index in [4.69, 9.17) is 11.7 Å². The Bertz CT molecular complexity index is 251.